The summed E-state index contributed by atoms with van der Waals surface area (Å²) in [5.41, 5.74) is 0.520. The van der Waals surface area contributed by atoms with Crippen molar-refractivity contribution in [1.82, 2.24) is 4.90 Å². The first-order chi connectivity index (χ1) is 11.9. The number of benzene rings is 2. The van der Waals surface area contributed by atoms with Crippen molar-refractivity contribution < 1.29 is 9.53 Å². The van der Waals surface area contributed by atoms with Gasteiger partial charge in [-0.1, -0.05) is 36.4 Å². The van der Waals surface area contributed by atoms with Gasteiger partial charge in [0, 0.05) is 11.3 Å². The van der Waals surface area contributed by atoms with Gasteiger partial charge in [0.2, 0.25) is 0 Å². The first-order valence-corrected chi connectivity index (χ1v) is 9.18. The number of fused-ring (bicyclic) bond motifs is 3. The molecule has 2 aromatic carbocycles. The number of amides is 2. The zero-order valence-corrected chi connectivity index (χ0v) is 15.0. The molecule has 1 N–H and O–H groups in total. The van der Waals surface area contributed by atoms with Gasteiger partial charge in [-0.2, -0.15) is 0 Å². The maximum atomic E-state index is 13.0. The van der Waals surface area contributed by atoms with Crippen LogP contribution in [0.3, 0.4) is 0 Å². The molecule has 3 saturated heterocycles. The molecule has 25 heavy (non-hydrogen) atoms. The molecule has 3 aliphatic heterocycles. The van der Waals surface area contributed by atoms with Crippen molar-refractivity contribution in [2.24, 2.45) is 5.92 Å². The summed E-state index contributed by atoms with van der Waals surface area (Å²) in [6.45, 7) is 6.52. The third-order valence-electron chi connectivity index (χ3n) is 6.50. The van der Waals surface area contributed by atoms with Crippen molar-refractivity contribution in [1.29, 1.82) is 0 Å². The van der Waals surface area contributed by atoms with Crippen molar-refractivity contribution in [2.75, 3.05) is 5.32 Å². The lowest BCUT2D eigenvalue weighted by molar-refractivity contribution is -0.214. The van der Waals surface area contributed by atoms with Crippen molar-refractivity contribution in [2.45, 2.75) is 56.9 Å². The number of hydrogen-bond donors (Lipinski definition) is 1. The van der Waals surface area contributed by atoms with Crippen LogP contribution in [0.5, 0.6) is 0 Å². The quantitative estimate of drug-likeness (QED) is 0.784. The third-order valence-corrected chi connectivity index (χ3v) is 6.50. The summed E-state index contributed by atoms with van der Waals surface area (Å²) >= 11 is 0. The van der Waals surface area contributed by atoms with Gasteiger partial charge in [0.25, 0.3) is 0 Å². The molecule has 4 atom stereocenters. The molecule has 3 heterocycles. The van der Waals surface area contributed by atoms with Crippen LogP contribution in [0.4, 0.5) is 10.5 Å². The highest BCUT2D eigenvalue weighted by atomic mass is 16.5. The molecule has 4 nitrogen and oxygen atoms in total. The number of rotatable bonds is 1. The maximum absolute atomic E-state index is 13.0. The van der Waals surface area contributed by atoms with Crippen molar-refractivity contribution >= 4 is 22.5 Å². The van der Waals surface area contributed by atoms with E-state index in [4.69, 9.17) is 4.74 Å². The van der Waals surface area contributed by atoms with Gasteiger partial charge in [-0.25, -0.2) is 4.79 Å². The molecule has 1 saturated carbocycles. The van der Waals surface area contributed by atoms with Crippen molar-refractivity contribution in [3.63, 3.8) is 0 Å². The summed E-state index contributed by atoms with van der Waals surface area (Å²) < 4.78 is 6.39. The first kappa shape index (κ1) is 15.2. The number of carbonyl (C=O) groups excluding carboxylic acids is 1. The highest BCUT2D eigenvalue weighted by Gasteiger charge is 2.72. The molecule has 130 valence electrons. The Kier molecular flexibility index (Phi) is 2.89. The Balaban J connectivity index is 1.43. The Morgan fingerprint density at radius 1 is 1.16 bits per heavy atom. The van der Waals surface area contributed by atoms with E-state index in [9.17, 15) is 4.79 Å². The first-order valence-electron chi connectivity index (χ1n) is 9.18. The summed E-state index contributed by atoms with van der Waals surface area (Å²) in [5.74, 6) is 0.428. The van der Waals surface area contributed by atoms with Crippen LogP contribution in [0.25, 0.3) is 10.8 Å². The van der Waals surface area contributed by atoms with E-state index in [0.717, 1.165) is 29.3 Å². The average molecular weight is 336 g/mol. The molecule has 4 aliphatic rings. The molecule has 2 aromatic rings. The zero-order chi connectivity index (χ0) is 17.4. The molecule has 0 spiro atoms. The summed E-state index contributed by atoms with van der Waals surface area (Å²) in [4.78, 5) is 15.0. The van der Waals surface area contributed by atoms with Gasteiger partial charge in [0.05, 0.1) is 29.0 Å². The minimum atomic E-state index is -0.209. The van der Waals surface area contributed by atoms with Gasteiger partial charge in [-0.05, 0) is 45.1 Å². The summed E-state index contributed by atoms with van der Waals surface area (Å²) in [6.07, 6.45) is 2.18. The van der Waals surface area contributed by atoms with Crippen LogP contribution in [-0.4, -0.2) is 34.2 Å². The van der Waals surface area contributed by atoms with Crippen LogP contribution in [0.15, 0.2) is 42.5 Å². The maximum Gasteiger partial charge on any atom is 0.322 e. The number of carbonyl (C=O) groups is 1. The van der Waals surface area contributed by atoms with Crippen molar-refractivity contribution in [3.05, 3.63) is 42.5 Å². The molecule has 6 rings (SSSR count). The van der Waals surface area contributed by atoms with E-state index in [-0.39, 0.29) is 23.3 Å². The summed E-state index contributed by atoms with van der Waals surface area (Å²) in [7, 11) is 0. The fourth-order valence-corrected chi connectivity index (χ4v) is 5.40. The number of anilines is 1. The van der Waals surface area contributed by atoms with Gasteiger partial charge < -0.3 is 15.0 Å². The Labute approximate surface area is 148 Å². The number of hydrogen-bond acceptors (Lipinski definition) is 2. The third kappa shape index (κ3) is 2.07. The highest BCUT2D eigenvalue weighted by molar-refractivity contribution is 6.02. The van der Waals surface area contributed by atoms with E-state index in [1.807, 2.05) is 29.2 Å². The van der Waals surface area contributed by atoms with Crippen LogP contribution in [0.1, 0.15) is 33.6 Å². The largest absolute Gasteiger partial charge is 0.367 e. The van der Waals surface area contributed by atoms with Crippen LogP contribution in [0.2, 0.25) is 0 Å². The molecule has 0 radical (unpaired) electrons. The molecule has 2 bridgehead atoms. The Bertz CT molecular complexity index is 872. The standard InChI is InChI=1S/C21H24N2O2/c1-20(2)15-11-12-21(3,25-20)18-17(15)23(18)19(24)22-16-10-6-8-13-7-4-5-9-14(13)16/h4-10,15,17-18H,11-12H2,1-3H3,(H,22,24)/t15-,17+,18-,21+,23?/m0/s1. The molecule has 4 fully saturated rings. The van der Waals surface area contributed by atoms with E-state index < -0.39 is 0 Å². The van der Waals surface area contributed by atoms with E-state index >= 15 is 0 Å². The topological polar surface area (TPSA) is 41.3 Å². The zero-order valence-electron chi connectivity index (χ0n) is 15.0. The van der Waals surface area contributed by atoms with Crippen LogP contribution in [-0.2, 0) is 4.74 Å². The normalized spacial score (nSPS) is 34.7. The second-order valence-corrected chi connectivity index (χ2v) is 8.46. The van der Waals surface area contributed by atoms with E-state index in [2.05, 4.69) is 44.3 Å². The smallest absolute Gasteiger partial charge is 0.322 e. The second-order valence-electron chi connectivity index (χ2n) is 8.46. The Hall–Kier alpha value is -2.07. The average Bonchev–Trinajstić information content (AvgIpc) is 3.31. The molecule has 0 unspecified atom stereocenters. The predicted octanol–water partition coefficient (Wildman–Crippen LogP) is 4.40. The van der Waals surface area contributed by atoms with Gasteiger partial charge >= 0.3 is 6.03 Å². The molecule has 4 heteroatoms. The molecular formula is C21H24N2O2. The molecule has 1 aliphatic carbocycles. The summed E-state index contributed by atoms with van der Waals surface area (Å²) in [6, 6.07) is 14.7. The number of nitrogens with one attached hydrogen (secondary N) is 1. The highest BCUT2D eigenvalue weighted by Crippen LogP contribution is 2.60. The Morgan fingerprint density at radius 2 is 1.92 bits per heavy atom. The fraction of sp³-hybridized carbons (Fsp3) is 0.476. The molecular weight excluding hydrogens is 312 g/mol. The number of ether oxygens (including phenoxy) is 1. The number of nitrogens with zero attached hydrogens (tertiary/aromatic N) is 1. The van der Waals surface area contributed by atoms with Gasteiger partial charge in [-0.3, -0.25) is 0 Å². The van der Waals surface area contributed by atoms with E-state index in [1.54, 1.807) is 0 Å². The molecule has 0 aromatic heterocycles. The van der Waals surface area contributed by atoms with Gasteiger partial charge in [0.15, 0.2) is 0 Å². The van der Waals surface area contributed by atoms with Gasteiger partial charge in [0.1, 0.15) is 0 Å². The molecule has 2 amide bonds. The number of urea groups is 1. The Morgan fingerprint density at radius 3 is 2.72 bits per heavy atom. The minimum absolute atomic E-state index is 0.00535. The minimum Gasteiger partial charge on any atom is -0.367 e. The lowest BCUT2D eigenvalue weighted by atomic mass is 9.69. The monoisotopic (exact) mass is 336 g/mol. The van der Waals surface area contributed by atoms with Crippen LogP contribution >= 0.6 is 0 Å². The predicted molar refractivity (Wildman–Crippen MR) is 98.7 cm³/mol. The van der Waals surface area contributed by atoms with E-state index in [1.165, 1.54) is 0 Å². The van der Waals surface area contributed by atoms with Gasteiger partial charge in [-0.15, -0.1) is 0 Å². The SMILES string of the molecule is CC1(C)O[C@]2(C)CC[C@H]1[C@@H]1[C@@H]2N1C(=O)Nc1cccc2ccccc12. The van der Waals surface area contributed by atoms with Crippen LogP contribution < -0.4 is 5.32 Å². The summed E-state index contributed by atoms with van der Waals surface area (Å²) in [5, 5.41) is 5.36. The number of likely N-dealkylation sites (tertiary alicyclic amines) is 1. The van der Waals surface area contributed by atoms with Crippen molar-refractivity contribution in [3.8, 4) is 0 Å². The van der Waals surface area contributed by atoms with E-state index in [0.29, 0.717) is 12.0 Å². The lowest BCUT2D eigenvalue weighted by Gasteiger charge is -2.51. The lowest BCUT2D eigenvalue weighted by Crippen LogP contribution is -2.58. The second kappa shape index (κ2) is 4.76. The fourth-order valence-electron chi connectivity index (χ4n) is 5.40. The van der Waals surface area contributed by atoms with Crippen LogP contribution in [0, 0.1) is 5.92 Å².